The molecule has 4 aromatic rings. The van der Waals surface area contributed by atoms with Crippen LogP contribution < -0.4 is 14.2 Å². The van der Waals surface area contributed by atoms with Crippen LogP contribution in [0.2, 0.25) is 0 Å². The van der Waals surface area contributed by atoms with Crippen molar-refractivity contribution in [3.8, 4) is 17.2 Å². The number of carbonyl (C=O) groups excluding carboxylic acids is 2. The summed E-state index contributed by atoms with van der Waals surface area (Å²) in [4.78, 5) is 29.2. The van der Waals surface area contributed by atoms with Crippen LogP contribution in [0.25, 0.3) is 0 Å². The molecular formula is C34H33NO6. The topological polar surface area (TPSA) is 74.3 Å². The van der Waals surface area contributed by atoms with Gasteiger partial charge in [0.1, 0.15) is 18.4 Å². The molecule has 1 heterocycles. The van der Waals surface area contributed by atoms with Crippen molar-refractivity contribution >= 4 is 11.9 Å². The number of methoxy groups -OCH3 is 1. The lowest BCUT2D eigenvalue weighted by molar-refractivity contribution is -0.158. The van der Waals surface area contributed by atoms with E-state index in [2.05, 4.69) is 0 Å². The Morgan fingerprint density at radius 3 is 2.20 bits per heavy atom. The Morgan fingerprint density at radius 1 is 0.878 bits per heavy atom. The maximum atomic E-state index is 14.3. The van der Waals surface area contributed by atoms with Crippen LogP contribution in [0.1, 0.15) is 35.3 Å². The SMILES string of the molecule is CCOC(=O)[C@@H]1Cc2c(ccc(OC)c2OCc2ccccc2)CN1C(=O)[C@@H](Oc1ccccc1)c1ccccc1. The van der Waals surface area contributed by atoms with Crippen LogP contribution in [0.5, 0.6) is 17.2 Å². The number of amides is 1. The zero-order chi connectivity index (χ0) is 28.6. The monoisotopic (exact) mass is 551 g/mol. The summed E-state index contributed by atoms with van der Waals surface area (Å²) < 4.78 is 23.6. The molecule has 0 saturated heterocycles. The van der Waals surface area contributed by atoms with Gasteiger partial charge < -0.3 is 23.8 Å². The molecule has 7 nitrogen and oxygen atoms in total. The van der Waals surface area contributed by atoms with E-state index in [9.17, 15) is 9.59 Å². The van der Waals surface area contributed by atoms with E-state index in [0.717, 1.165) is 16.7 Å². The maximum Gasteiger partial charge on any atom is 0.329 e. The number of fused-ring (bicyclic) bond motifs is 1. The Hall–Kier alpha value is -4.78. The number of ether oxygens (including phenoxy) is 4. The van der Waals surface area contributed by atoms with Gasteiger partial charge in [-0.2, -0.15) is 0 Å². The molecule has 5 rings (SSSR count). The zero-order valence-corrected chi connectivity index (χ0v) is 23.2. The molecule has 1 aliphatic heterocycles. The third-order valence-corrected chi connectivity index (χ3v) is 7.05. The smallest absolute Gasteiger partial charge is 0.329 e. The molecule has 0 radical (unpaired) electrons. The van der Waals surface area contributed by atoms with Crippen LogP contribution in [-0.2, 0) is 33.9 Å². The van der Waals surface area contributed by atoms with Crippen molar-refractivity contribution in [3.63, 3.8) is 0 Å². The number of hydrogen-bond donors (Lipinski definition) is 0. The highest BCUT2D eigenvalue weighted by Crippen LogP contribution is 2.40. The number of carbonyl (C=O) groups is 2. The molecule has 41 heavy (non-hydrogen) atoms. The fourth-order valence-electron chi connectivity index (χ4n) is 5.02. The summed E-state index contributed by atoms with van der Waals surface area (Å²) in [7, 11) is 1.59. The zero-order valence-electron chi connectivity index (χ0n) is 23.2. The molecule has 1 aliphatic rings. The lowest BCUT2D eigenvalue weighted by Crippen LogP contribution is -2.51. The standard InChI is InChI=1S/C34H33NO6/c1-3-39-34(37)29-21-28-26(19-20-30(38-2)32(28)40-23-24-13-7-4-8-14-24)22-35(29)33(36)31(25-15-9-5-10-16-25)41-27-17-11-6-12-18-27/h4-20,29,31H,3,21-23H2,1-2H3/t29-,31-/m0/s1. The minimum Gasteiger partial charge on any atom is -0.493 e. The molecule has 1 amide bonds. The second-order valence-corrected chi connectivity index (χ2v) is 9.67. The summed E-state index contributed by atoms with van der Waals surface area (Å²) in [6, 6.07) is 31.2. The fourth-order valence-corrected chi connectivity index (χ4v) is 5.02. The van der Waals surface area contributed by atoms with E-state index >= 15 is 0 Å². The number of hydrogen-bond acceptors (Lipinski definition) is 6. The van der Waals surface area contributed by atoms with Gasteiger partial charge in [0.15, 0.2) is 11.5 Å². The molecule has 0 fully saturated rings. The highest BCUT2D eigenvalue weighted by Gasteiger charge is 2.41. The highest BCUT2D eigenvalue weighted by molar-refractivity contribution is 5.89. The number of esters is 1. The second-order valence-electron chi connectivity index (χ2n) is 9.67. The van der Waals surface area contributed by atoms with E-state index in [0.29, 0.717) is 29.4 Å². The van der Waals surface area contributed by atoms with Gasteiger partial charge in [0.05, 0.1) is 13.7 Å². The Bertz CT molecular complexity index is 1460. The predicted molar refractivity (Wildman–Crippen MR) is 155 cm³/mol. The molecule has 210 valence electrons. The largest absolute Gasteiger partial charge is 0.493 e. The third kappa shape index (κ3) is 6.35. The Balaban J connectivity index is 1.51. The van der Waals surface area contributed by atoms with Gasteiger partial charge in [0, 0.05) is 24.1 Å². The highest BCUT2D eigenvalue weighted by atomic mass is 16.5. The molecule has 2 atom stereocenters. The summed E-state index contributed by atoms with van der Waals surface area (Å²) >= 11 is 0. The molecule has 0 aliphatic carbocycles. The lowest BCUT2D eigenvalue weighted by Gasteiger charge is -2.38. The second kappa shape index (κ2) is 13.0. The Kier molecular flexibility index (Phi) is 8.84. The summed E-state index contributed by atoms with van der Waals surface area (Å²) in [5, 5.41) is 0. The maximum absolute atomic E-state index is 14.3. The summed E-state index contributed by atoms with van der Waals surface area (Å²) in [5.41, 5.74) is 3.39. The van der Waals surface area contributed by atoms with E-state index in [1.807, 2.05) is 91.0 Å². The van der Waals surface area contributed by atoms with Gasteiger partial charge in [0.2, 0.25) is 6.10 Å². The van der Waals surface area contributed by atoms with Gasteiger partial charge in [-0.05, 0) is 36.2 Å². The van der Waals surface area contributed by atoms with Crippen molar-refractivity contribution in [1.29, 1.82) is 0 Å². The number of para-hydroxylation sites is 1. The molecule has 4 aromatic carbocycles. The van der Waals surface area contributed by atoms with Crippen LogP contribution in [-0.4, -0.2) is 36.5 Å². The van der Waals surface area contributed by atoms with E-state index < -0.39 is 18.1 Å². The van der Waals surface area contributed by atoms with Gasteiger partial charge >= 0.3 is 5.97 Å². The molecule has 0 aromatic heterocycles. The number of rotatable bonds is 10. The van der Waals surface area contributed by atoms with E-state index in [1.165, 1.54) is 0 Å². The van der Waals surface area contributed by atoms with Gasteiger partial charge in [-0.1, -0.05) is 84.9 Å². The van der Waals surface area contributed by atoms with Crippen LogP contribution in [0.3, 0.4) is 0 Å². The molecule has 7 heteroatoms. The molecule has 0 bridgehead atoms. The van der Waals surface area contributed by atoms with Crippen molar-refractivity contribution in [3.05, 3.63) is 125 Å². The third-order valence-electron chi connectivity index (χ3n) is 7.05. The number of nitrogens with zero attached hydrogens (tertiary/aromatic N) is 1. The summed E-state index contributed by atoms with van der Waals surface area (Å²) in [6.45, 7) is 2.47. The lowest BCUT2D eigenvalue weighted by atomic mass is 9.91. The van der Waals surface area contributed by atoms with Gasteiger partial charge in [-0.3, -0.25) is 4.79 Å². The summed E-state index contributed by atoms with van der Waals surface area (Å²) in [6.07, 6.45) is -0.738. The molecule has 0 saturated carbocycles. The molecule has 0 N–H and O–H groups in total. The normalized spacial score (nSPS) is 14.9. The first kappa shape index (κ1) is 27.8. The average molecular weight is 552 g/mol. The van der Waals surface area contributed by atoms with Crippen LogP contribution in [0, 0.1) is 0 Å². The van der Waals surface area contributed by atoms with Gasteiger partial charge in [0.25, 0.3) is 5.91 Å². The Morgan fingerprint density at radius 2 is 1.54 bits per heavy atom. The van der Waals surface area contributed by atoms with E-state index in [4.69, 9.17) is 18.9 Å². The van der Waals surface area contributed by atoms with Crippen LogP contribution in [0.4, 0.5) is 0 Å². The van der Waals surface area contributed by atoms with Crippen molar-refractivity contribution in [2.45, 2.75) is 38.6 Å². The first-order chi connectivity index (χ1) is 20.1. The van der Waals surface area contributed by atoms with Crippen molar-refractivity contribution in [2.24, 2.45) is 0 Å². The Labute approximate surface area is 240 Å². The minimum absolute atomic E-state index is 0.185. The van der Waals surface area contributed by atoms with E-state index in [1.54, 1.807) is 31.1 Å². The molecule has 0 spiro atoms. The van der Waals surface area contributed by atoms with Crippen molar-refractivity contribution < 1.29 is 28.5 Å². The fraction of sp³-hybridized carbons (Fsp3) is 0.235. The predicted octanol–water partition coefficient (Wildman–Crippen LogP) is 5.91. The van der Waals surface area contributed by atoms with Gasteiger partial charge in [-0.15, -0.1) is 0 Å². The van der Waals surface area contributed by atoms with Crippen LogP contribution in [0.15, 0.2) is 103 Å². The number of benzene rings is 4. The van der Waals surface area contributed by atoms with Crippen molar-refractivity contribution in [1.82, 2.24) is 4.90 Å². The average Bonchev–Trinajstić information content (AvgIpc) is 3.03. The summed E-state index contributed by atoms with van der Waals surface area (Å²) in [5.74, 6) is 0.884. The van der Waals surface area contributed by atoms with Gasteiger partial charge in [-0.25, -0.2) is 4.79 Å². The van der Waals surface area contributed by atoms with Crippen molar-refractivity contribution in [2.75, 3.05) is 13.7 Å². The first-order valence-corrected chi connectivity index (χ1v) is 13.7. The molecular weight excluding hydrogens is 518 g/mol. The van der Waals surface area contributed by atoms with Crippen LogP contribution >= 0.6 is 0 Å². The van der Waals surface area contributed by atoms with E-state index in [-0.39, 0.29) is 25.5 Å². The first-order valence-electron chi connectivity index (χ1n) is 13.7. The molecule has 0 unspecified atom stereocenters. The quantitative estimate of drug-likeness (QED) is 0.228. The minimum atomic E-state index is -0.955.